The summed E-state index contributed by atoms with van der Waals surface area (Å²) in [5.41, 5.74) is 3.14. The number of carbonyl (C=O) groups is 1. The summed E-state index contributed by atoms with van der Waals surface area (Å²) in [6, 6.07) is 11.2. The third kappa shape index (κ3) is 2.14. The Morgan fingerprint density at radius 1 is 1.15 bits per heavy atom. The number of nitrogens with one attached hydrogen (secondary N) is 2. The maximum absolute atomic E-state index is 12.3. The molecule has 0 spiro atoms. The lowest BCUT2D eigenvalue weighted by molar-refractivity contribution is 0.102. The average Bonchev–Trinajstić information content (AvgIpc) is 2.81. The van der Waals surface area contributed by atoms with Gasteiger partial charge in [0.05, 0.1) is 5.39 Å². The molecule has 0 aliphatic carbocycles. The van der Waals surface area contributed by atoms with Gasteiger partial charge < -0.3 is 5.32 Å². The molecule has 0 saturated carbocycles. The number of hydrogen-bond donors (Lipinski definition) is 2. The van der Waals surface area contributed by atoms with Crippen LogP contribution in [0.1, 0.15) is 21.6 Å². The highest BCUT2D eigenvalue weighted by atomic mass is 16.1. The van der Waals surface area contributed by atoms with Crippen molar-refractivity contribution in [3.05, 3.63) is 53.2 Å². The summed E-state index contributed by atoms with van der Waals surface area (Å²) in [6.07, 6.45) is 0. The lowest BCUT2D eigenvalue weighted by Gasteiger charge is -2.05. The zero-order valence-corrected chi connectivity index (χ0v) is 11.3. The van der Waals surface area contributed by atoms with Crippen LogP contribution in [-0.4, -0.2) is 21.1 Å². The molecule has 1 amide bonds. The van der Waals surface area contributed by atoms with Crippen molar-refractivity contribution in [2.45, 2.75) is 13.8 Å². The molecule has 0 bridgehead atoms. The fourth-order valence-corrected chi connectivity index (χ4v) is 2.10. The first-order valence-corrected chi connectivity index (χ1v) is 6.34. The molecule has 3 aromatic rings. The van der Waals surface area contributed by atoms with Gasteiger partial charge in [0.15, 0.2) is 11.5 Å². The van der Waals surface area contributed by atoms with Crippen molar-refractivity contribution in [3.63, 3.8) is 0 Å². The highest BCUT2D eigenvalue weighted by Crippen LogP contribution is 2.20. The van der Waals surface area contributed by atoms with E-state index in [0.717, 1.165) is 16.6 Å². The van der Waals surface area contributed by atoms with Crippen molar-refractivity contribution < 1.29 is 4.79 Å². The molecule has 3 rings (SSSR count). The number of nitrogens with zero attached hydrogens (tertiary/aromatic N) is 2. The van der Waals surface area contributed by atoms with Crippen molar-refractivity contribution in [2.24, 2.45) is 0 Å². The number of aromatic nitrogens is 3. The number of aryl methyl sites for hydroxylation is 2. The number of pyridine rings is 1. The molecule has 0 unspecified atom stereocenters. The molecule has 2 aromatic heterocycles. The molecule has 100 valence electrons. The van der Waals surface area contributed by atoms with Crippen LogP contribution in [0, 0.1) is 13.8 Å². The van der Waals surface area contributed by atoms with Crippen LogP contribution in [0.3, 0.4) is 0 Å². The van der Waals surface area contributed by atoms with E-state index < -0.39 is 0 Å². The second-order valence-corrected chi connectivity index (χ2v) is 4.69. The topological polar surface area (TPSA) is 70.7 Å². The van der Waals surface area contributed by atoms with Gasteiger partial charge in [-0.25, -0.2) is 4.98 Å². The first kappa shape index (κ1) is 12.3. The summed E-state index contributed by atoms with van der Waals surface area (Å²) in [4.78, 5) is 16.6. The smallest absolute Gasteiger partial charge is 0.257 e. The predicted molar refractivity (Wildman–Crippen MR) is 77.8 cm³/mol. The van der Waals surface area contributed by atoms with Gasteiger partial charge in [0, 0.05) is 11.3 Å². The lowest BCUT2D eigenvalue weighted by Crippen LogP contribution is -2.13. The molecule has 0 atom stereocenters. The summed E-state index contributed by atoms with van der Waals surface area (Å²) in [6.45, 7) is 3.81. The van der Waals surface area contributed by atoms with Crippen LogP contribution in [0.5, 0.6) is 0 Å². The Bertz CT molecular complexity index is 791. The monoisotopic (exact) mass is 266 g/mol. The lowest BCUT2D eigenvalue weighted by atomic mass is 10.1. The molecule has 2 N–H and O–H groups in total. The van der Waals surface area contributed by atoms with Crippen LogP contribution in [-0.2, 0) is 0 Å². The van der Waals surface area contributed by atoms with Gasteiger partial charge in [-0.05, 0) is 37.6 Å². The van der Waals surface area contributed by atoms with E-state index in [2.05, 4.69) is 20.5 Å². The fraction of sp³-hybridized carbons (Fsp3) is 0.133. The molecule has 0 aliphatic rings. The maximum Gasteiger partial charge on any atom is 0.257 e. The number of hydrogen-bond acceptors (Lipinski definition) is 3. The third-order valence-corrected chi connectivity index (χ3v) is 3.18. The van der Waals surface area contributed by atoms with Crippen LogP contribution in [0.15, 0.2) is 36.4 Å². The number of amides is 1. The number of anilines is 1. The van der Waals surface area contributed by atoms with Gasteiger partial charge in [0.2, 0.25) is 0 Å². The molecular formula is C15H14N4O. The van der Waals surface area contributed by atoms with Gasteiger partial charge in [0.1, 0.15) is 0 Å². The minimum absolute atomic E-state index is 0.169. The minimum atomic E-state index is -0.169. The Labute approximate surface area is 116 Å². The van der Waals surface area contributed by atoms with Crippen LogP contribution in [0.2, 0.25) is 0 Å². The van der Waals surface area contributed by atoms with E-state index in [-0.39, 0.29) is 5.91 Å². The second kappa shape index (κ2) is 4.77. The minimum Gasteiger partial charge on any atom is -0.304 e. The molecule has 0 fully saturated rings. The van der Waals surface area contributed by atoms with Gasteiger partial charge in [-0.2, -0.15) is 5.10 Å². The van der Waals surface area contributed by atoms with E-state index in [4.69, 9.17) is 0 Å². The Hall–Kier alpha value is -2.69. The van der Waals surface area contributed by atoms with E-state index in [9.17, 15) is 4.79 Å². The van der Waals surface area contributed by atoms with Gasteiger partial charge in [-0.1, -0.05) is 18.2 Å². The molecule has 0 radical (unpaired) electrons. The van der Waals surface area contributed by atoms with Crippen molar-refractivity contribution in [1.82, 2.24) is 15.2 Å². The summed E-state index contributed by atoms with van der Waals surface area (Å²) in [5.74, 6) is 0.331. The van der Waals surface area contributed by atoms with Crippen LogP contribution < -0.4 is 5.32 Å². The molecule has 5 heteroatoms. The van der Waals surface area contributed by atoms with Gasteiger partial charge in [-0.3, -0.25) is 9.89 Å². The highest BCUT2D eigenvalue weighted by molar-refractivity contribution is 6.08. The Balaban J connectivity index is 1.94. The zero-order valence-electron chi connectivity index (χ0n) is 11.3. The van der Waals surface area contributed by atoms with Crippen molar-refractivity contribution >= 4 is 22.8 Å². The normalized spacial score (nSPS) is 10.7. The summed E-state index contributed by atoms with van der Waals surface area (Å²) >= 11 is 0. The van der Waals surface area contributed by atoms with E-state index >= 15 is 0 Å². The Morgan fingerprint density at radius 3 is 2.75 bits per heavy atom. The van der Waals surface area contributed by atoms with Crippen LogP contribution in [0.4, 0.5) is 5.82 Å². The van der Waals surface area contributed by atoms with E-state index in [1.54, 1.807) is 6.07 Å². The largest absolute Gasteiger partial charge is 0.304 e. The van der Waals surface area contributed by atoms with E-state index in [0.29, 0.717) is 17.0 Å². The molecule has 2 heterocycles. The Kier molecular flexibility index (Phi) is 2.95. The SMILES string of the molecule is Cc1ccc2c(NC(=O)c3ccccc3C)n[nH]c2n1. The zero-order chi connectivity index (χ0) is 14.1. The number of fused-ring (bicyclic) bond motifs is 1. The standard InChI is InChI=1S/C15H14N4O/c1-9-5-3-4-6-11(9)15(20)17-14-12-8-7-10(2)16-13(12)18-19-14/h3-8H,1-2H3,(H2,16,17,18,19,20). The first-order chi connectivity index (χ1) is 9.65. The molecule has 0 saturated heterocycles. The molecule has 0 aliphatic heterocycles. The average molecular weight is 266 g/mol. The van der Waals surface area contributed by atoms with Gasteiger partial charge in [-0.15, -0.1) is 0 Å². The van der Waals surface area contributed by atoms with Crippen LogP contribution in [0.25, 0.3) is 11.0 Å². The first-order valence-electron chi connectivity index (χ1n) is 6.34. The summed E-state index contributed by atoms with van der Waals surface area (Å²) < 4.78 is 0. The van der Waals surface area contributed by atoms with Crippen molar-refractivity contribution in [3.8, 4) is 0 Å². The molecular weight excluding hydrogens is 252 g/mol. The van der Waals surface area contributed by atoms with E-state index in [1.807, 2.05) is 44.2 Å². The molecule has 5 nitrogen and oxygen atoms in total. The predicted octanol–water partition coefficient (Wildman–Crippen LogP) is 2.83. The van der Waals surface area contributed by atoms with Crippen LogP contribution >= 0.6 is 0 Å². The maximum atomic E-state index is 12.3. The highest BCUT2D eigenvalue weighted by Gasteiger charge is 2.13. The number of benzene rings is 1. The number of aromatic amines is 1. The number of carbonyl (C=O) groups excluding carboxylic acids is 1. The number of rotatable bonds is 2. The third-order valence-electron chi connectivity index (χ3n) is 3.18. The summed E-state index contributed by atoms with van der Waals surface area (Å²) in [7, 11) is 0. The number of H-pyrrole nitrogens is 1. The van der Waals surface area contributed by atoms with Gasteiger partial charge >= 0.3 is 0 Å². The Morgan fingerprint density at radius 2 is 1.95 bits per heavy atom. The quantitative estimate of drug-likeness (QED) is 0.749. The van der Waals surface area contributed by atoms with Crippen molar-refractivity contribution in [2.75, 3.05) is 5.32 Å². The van der Waals surface area contributed by atoms with Gasteiger partial charge in [0.25, 0.3) is 5.91 Å². The van der Waals surface area contributed by atoms with Crippen molar-refractivity contribution in [1.29, 1.82) is 0 Å². The molecule has 20 heavy (non-hydrogen) atoms. The summed E-state index contributed by atoms with van der Waals surface area (Å²) in [5, 5.41) is 10.6. The van der Waals surface area contributed by atoms with E-state index in [1.165, 1.54) is 0 Å². The second-order valence-electron chi connectivity index (χ2n) is 4.69. The fourth-order valence-electron chi connectivity index (χ4n) is 2.10. The molecule has 1 aromatic carbocycles.